The van der Waals surface area contributed by atoms with Crippen LogP contribution in [-0.4, -0.2) is 44.7 Å². The number of hydrogen-bond acceptors (Lipinski definition) is 3. The average molecular weight is 302 g/mol. The Morgan fingerprint density at radius 3 is 2.20 bits per heavy atom. The second-order valence-electron chi connectivity index (χ2n) is 5.23. The standard InChI is InChI=1S/C14H26N2O3S/c1-5-11-16(10(9-20-11)12(17)18)13(19)15-14(6-2,7-3)8-4/h10-11H,5-9H2,1-4H3,(H,15,19)(H,17,18). The van der Waals surface area contributed by atoms with Gasteiger partial charge in [0.15, 0.2) is 0 Å². The van der Waals surface area contributed by atoms with Crippen molar-refractivity contribution >= 4 is 23.8 Å². The molecule has 0 spiro atoms. The van der Waals surface area contributed by atoms with Crippen LogP contribution in [0, 0.1) is 0 Å². The first-order chi connectivity index (χ1) is 9.44. The molecule has 2 N–H and O–H groups in total. The lowest BCUT2D eigenvalue weighted by Crippen LogP contribution is -2.56. The largest absolute Gasteiger partial charge is 0.480 e. The highest BCUT2D eigenvalue weighted by Crippen LogP contribution is 2.32. The molecule has 0 saturated carbocycles. The van der Waals surface area contributed by atoms with Gasteiger partial charge in [0.25, 0.3) is 0 Å². The lowest BCUT2D eigenvalue weighted by Gasteiger charge is -2.36. The number of carboxylic acids is 1. The van der Waals surface area contributed by atoms with Gasteiger partial charge in [-0.1, -0.05) is 27.7 Å². The quantitative estimate of drug-likeness (QED) is 0.791. The predicted octanol–water partition coefficient (Wildman–Crippen LogP) is 2.90. The number of amides is 2. The summed E-state index contributed by atoms with van der Waals surface area (Å²) in [6.45, 7) is 8.14. The Bertz CT molecular complexity index is 350. The van der Waals surface area contributed by atoms with Crippen molar-refractivity contribution in [3.8, 4) is 0 Å². The zero-order chi connectivity index (χ0) is 15.3. The number of hydrogen-bond donors (Lipinski definition) is 2. The van der Waals surface area contributed by atoms with Crippen LogP contribution in [0.25, 0.3) is 0 Å². The molecular formula is C14H26N2O3S. The van der Waals surface area contributed by atoms with E-state index in [-0.39, 0.29) is 16.9 Å². The van der Waals surface area contributed by atoms with Crippen molar-refractivity contribution in [3.05, 3.63) is 0 Å². The van der Waals surface area contributed by atoms with E-state index >= 15 is 0 Å². The number of rotatable bonds is 6. The van der Waals surface area contributed by atoms with Crippen LogP contribution in [0.4, 0.5) is 4.79 Å². The first-order valence-electron chi connectivity index (χ1n) is 7.39. The smallest absolute Gasteiger partial charge is 0.327 e. The lowest BCUT2D eigenvalue weighted by atomic mass is 9.90. The highest BCUT2D eigenvalue weighted by atomic mass is 32.2. The minimum atomic E-state index is -0.918. The van der Waals surface area contributed by atoms with Crippen LogP contribution in [-0.2, 0) is 4.79 Å². The molecule has 5 nitrogen and oxygen atoms in total. The molecule has 1 heterocycles. The van der Waals surface area contributed by atoms with Crippen molar-refractivity contribution in [3.63, 3.8) is 0 Å². The Labute approximate surface area is 125 Å². The maximum absolute atomic E-state index is 12.6. The summed E-state index contributed by atoms with van der Waals surface area (Å²) in [4.78, 5) is 25.4. The van der Waals surface area contributed by atoms with Crippen LogP contribution >= 0.6 is 11.8 Å². The van der Waals surface area contributed by atoms with Gasteiger partial charge in [-0.3, -0.25) is 4.90 Å². The average Bonchev–Trinajstić information content (AvgIpc) is 2.89. The summed E-state index contributed by atoms with van der Waals surface area (Å²) in [5, 5.41) is 12.3. The van der Waals surface area contributed by atoms with Gasteiger partial charge in [-0.05, 0) is 25.7 Å². The highest BCUT2D eigenvalue weighted by molar-refractivity contribution is 8.00. The second-order valence-corrected chi connectivity index (χ2v) is 6.44. The van der Waals surface area contributed by atoms with Gasteiger partial charge in [0.05, 0.1) is 5.37 Å². The van der Waals surface area contributed by atoms with Gasteiger partial charge >= 0.3 is 12.0 Å². The maximum atomic E-state index is 12.6. The molecule has 1 aliphatic rings. The summed E-state index contributed by atoms with van der Waals surface area (Å²) < 4.78 is 0. The maximum Gasteiger partial charge on any atom is 0.327 e. The third kappa shape index (κ3) is 3.40. The molecule has 1 rings (SSSR count). The van der Waals surface area contributed by atoms with Crippen LogP contribution in [0.3, 0.4) is 0 Å². The molecule has 2 amide bonds. The van der Waals surface area contributed by atoms with Crippen LogP contribution in [0.1, 0.15) is 53.4 Å². The van der Waals surface area contributed by atoms with E-state index in [1.807, 2.05) is 6.92 Å². The van der Waals surface area contributed by atoms with Crippen molar-refractivity contribution in [2.45, 2.75) is 70.3 Å². The molecule has 1 saturated heterocycles. The Balaban J connectivity index is 2.89. The van der Waals surface area contributed by atoms with Crippen molar-refractivity contribution in [1.29, 1.82) is 0 Å². The molecule has 2 atom stereocenters. The first-order valence-corrected chi connectivity index (χ1v) is 8.44. The van der Waals surface area contributed by atoms with E-state index in [0.29, 0.717) is 5.75 Å². The first kappa shape index (κ1) is 17.1. The van der Waals surface area contributed by atoms with E-state index in [4.69, 9.17) is 0 Å². The molecule has 2 unspecified atom stereocenters. The van der Waals surface area contributed by atoms with E-state index in [1.165, 1.54) is 4.90 Å². The van der Waals surface area contributed by atoms with Gasteiger partial charge in [0, 0.05) is 11.3 Å². The van der Waals surface area contributed by atoms with E-state index in [2.05, 4.69) is 26.1 Å². The van der Waals surface area contributed by atoms with Crippen LogP contribution in [0.5, 0.6) is 0 Å². The molecular weight excluding hydrogens is 276 g/mol. The van der Waals surface area contributed by atoms with Gasteiger partial charge in [0.2, 0.25) is 0 Å². The summed E-state index contributed by atoms with van der Waals surface area (Å²) in [5.41, 5.74) is -0.230. The summed E-state index contributed by atoms with van der Waals surface area (Å²) >= 11 is 1.55. The van der Waals surface area contributed by atoms with Gasteiger partial charge < -0.3 is 10.4 Å². The molecule has 0 aromatic heterocycles. The molecule has 20 heavy (non-hydrogen) atoms. The van der Waals surface area contributed by atoms with Crippen molar-refractivity contribution in [1.82, 2.24) is 10.2 Å². The molecule has 0 bridgehead atoms. The van der Waals surface area contributed by atoms with Gasteiger partial charge in [0.1, 0.15) is 6.04 Å². The lowest BCUT2D eigenvalue weighted by molar-refractivity contribution is -0.141. The Kier molecular flexibility index (Phi) is 6.17. The summed E-state index contributed by atoms with van der Waals surface area (Å²) in [6.07, 6.45) is 3.31. The summed E-state index contributed by atoms with van der Waals surface area (Å²) in [7, 11) is 0. The number of nitrogens with zero attached hydrogens (tertiary/aromatic N) is 1. The zero-order valence-corrected chi connectivity index (χ0v) is 13.6. The number of thioether (sulfide) groups is 1. The topological polar surface area (TPSA) is 69.6 Å². The Hall–Kier alpha value is -0.910. The molecule has 6 heteroatoms. The molecule has 1 fully saturated rings. The fraction of sp³-hybridized carbons (Fsp3) is 0.857. The number of carbonyl (C=O) groups is 2. The number of carbonyl (C=O) groups excluding carboxylic acids is 1. The molecule has 0 radical (unpaired) electrons. The van der Waals surface area contributed by atoms with Crippen LogP contribution in [0.15, 0.2) is 0 Å². The molecule has 0 aliphatic carbocycles. The van der Waals surface area contributed by atoms with Gasteiger partial charge in [-0.15, -0.1) is 11.8 Å². The summed E-state index contributed by atoms with van der Waals surface area (Å²) in [6, 6.07) is -0.951. The second kappa shape index (κ2) is 7.20. The van der Waals surface area contributed by atoms with E-state index in [1.54, 1.807) is 11.8 Å². The van der Waals surface area contributed by atoms with Gasteiger partial charge in [-0.2, -0.15) is 0 Å². The molecule has 0 aromatic carbocycles. The monoisotopic (exact) mass is 302 g/mol. The van der Waals surface area contributed by atoms with E-state index in [9.17, 15) is 14.7 Å². The number of carboxylic acid groups (broad SMARTS) is 1. The number of urea groups is 1. The SMILES string of the molecule is CCC1SCC(C(=O)O)N1C(=O)NC(CC)(CC)CC. The molecule has 1 aliphatic heterocycles. The fourth-order valence-corrected chi connectivity index (χ4v) is 3.99. The Morgan fingerprint density at radius 1 is 1.25 bits per heavy atom. The molecule has 0 aromatic rings. The fourth-order valence-electron chi connectivity index (χ4n) is 2.65. The number of nitrogens with one attached hydrogen (secondary N) is 1. The third-order valence-corrected chi connectivity index (χ3v) is 5.82. The molecule has 116 valence electrons. The predicted molar refractivity (Wildman–Crippen MR) is 81.9 cm³/mol. The minimum absolute atomic E-state index is 0.0423. The van der Waals surface area contributed by atoms with E-state index in [0.717, 1.165) is 25.7 Å². The minimum Gasteiger partial charge on any atom is -0.480 e. The van der Waals surface area contributed by atoms with E-state index < -0.39 is 12.0 Å². The van der Waals surface area contributed by atoms with Crippen LogP contribution < -0.4 is 5.32 Å². The van der Waals surface area contributed by atoms with Crippen LogP contribution in [0.2, 0.25) is 0 Å². The third-order valence-electron chi connectivity index (χ3n) is 4.36. The van der Waals surface area contributed by atoms with Crippen molar-refractivity contribution in [2.75, 3.05) is 5.75 Å². The normalized spacial score (nSPS) is 22.9. The highest BCUT2D eigenvalue weighted by Gasteiger charge is 2.42. The number of aliphatic carboxylic acids is 1. The van der Waals surface area contributed by atoms with Crippen molar-refractivity contribution < 1.29 is 14.7 Å². The summed E-state index contributed by atoms with van der Waals surface area (Å²) in [5.74, 6) is -0.447. The van der Waals surface area contributed by atoms with Crippen molar-refractivity contribution in [2.24, 2.45) is 0 Å². The zero-order valence-electron chi connectivity index (χ0n) is 12.8. The van der Waals surface area contributed by atoms with Gasteiger partial charge in [-0.25, -0.2) is 9.59 Å². The Morgan fingerprint density at radius 2 is 1.80 bits per heavy atom.